The molecule has 19 heavy (non-hydrogen) atoms. The molecule has 1 heterocycles. The van der Waals surface area contributed by atoms with Crippen LogP contribution in [0.4, 0.5) is 5.69 Å². The van der Waals surface area contributed by atoms with Crippen molar-refractivity contribution in [2.75, 3.05) is 5.32 Å². The number of aromatic amines is 1. The number of benzene rings is 1. The monoisotopic (exact) mass is 256 g/mol. The zero-order chi connectivity index (χ0) is 13.8. The summed E-state index contributed by atoms with van der Waals surface area (Å²) in [5.41, 5.74) is 1.91. The highest BCUT2D eigenvalue weighted by Crippen LogP contribution is 2.23. The average Bonchev–Trinajstić information content (AvgIpc) is 2.39. The van der Waals surface area contributed by atoms with E-state index in [1.807, 2.05) is 24.3 Å². The summed E-state index contributed by atoms with van der Waals surface area (Å²) in [5.74, 6) is 0.0369. The smallest absolute Gasteiger partial charge is 0.255 e. The van der Waals surface area contributed by atoms with Gasteiger partial charge in [0, 0.05) is 23.5 Å². The summed E-state index contributed by atoms with van der Waals surface area (Å²) in [4.78, 5) is 25.7. The minimum absolute atomic E-state index is 0.279. The van der Waals surface area contributed by atoms with Gasteiger partial charge in [-0.15, -0.1) is 0 Å². The highest BCUT2D eigenvalue weighted by atomic mass is 16.2. The van der Waals surface area contributed by atoms with Crippen LogP contribution < -0.4 is 10.9 Å². The molecule has 4 heteroatoms. The van der Waals surface area contributed by atoms with E-state index in [2.05, 4.69) is 24.1 Å². The van der Waals surface area contributed by atoms with Crippen LogP contribution >= 0.6 is 0 Å². The predicted octanol–water partition coefficient (Wildman–Crippen LogP) is 2.75. The van der Waals surface area contributed by atoms with Gasteiger partial charge in [0.1, 0.15) is 0 Å². The second kappa shape index (κ2) is 5.52. The van der Waals surface area contributed by atoms with Crippen molar-refractivity contribution in [3.63, 3.8) is 0 Å². The zero-order valence-corrected chi connectivity index (χ0v) is 10.9. The normalized spacial score (nSPS) is 10.5. The van der Waals surface area contributed by atoms with E-state index in [1.165, 1.54) is 12.3 Å². The number of para-hydroxylation sites is 1. The number of hydrogen-bond acceptors (Lipinski definition) is 2. The lowest BCUT2D eigenvalue weighted by Crippen LogP contribution is -2.16. The van der Waals surface area contributed by atoms with Gasteiger partial charge in [-0.05, 0) is 23.6 Å². The van der Waals surface area contributed by atoms with Gasteiger partial charge in [0.2, 0.25) is 5.56 Å². The first-order chi connectivity index (χ1) is 9.08. The number of carbonyl (C=O) groups excluding carboxylic acids is 1. The highest BCUT2D eigenvalue weighted by molar-refractivity contribution is 6.04. The molecule has 2 rings (SSSR count). The molecule has 4 nitrogen and oxygen atoms in total. The molecule has 0 fully saturated rings. The molecule has 0 saturated heterocycles. The van der Waals surface area contributed by atoms with E-state index in [4.69, 9.17) is 0 Å². The molecule has 1 aromatic carbocycles. The van der Waals surface area contributed by atoms with Crippen molar-refractivity contribution < 1.29 is 4.79 Å². The number of nitrogens with one attached hydrogen (secondary N) is 2. The number of rotatable bonds is 3. The second-order valence-corrected chi connectivity index (χ2v) is 4.64. The molecule has 98 valence electrons. The lowest BCUT2D eigenvalue weighted by atomic mass is 10.0. The first kappa shape index (κ1) is 13.1. The molecule has 0 aliphatic rings. The van der Waals surface area contributed by atoms with Crippen LogP contribution in [-0.2, 0) is 0 Å². The largest absolute Gasteiger partial charge is 0.329 e. The molecule has 2 N–H and O–H groups in total. The van der Waals surface area contributed by atoms with Gasteiger partial charge >= 0.3 is 0 Å². The Bertz CT molecular complexity index is 644. The molecule has 0 saturated carbocycles. The standard InChI is InChI=1S/C15H16N2O2/c1-10(2)12-5-3-4-6-13(12)17-15(19)11-7-8-16-14(18)9-11/h3-10H,1-2H3,(H,16,18)(H,17,19). The van der Waals surface area contributed by atoms with E-state index in [0.717, 1.165) is 11.3 Å². The Morgan fingerprint density at radius 3 is 2.63 bits per heavy atom. The van der Waals surface area contributed by atoms with Crippen molar-refractivity contribution in [1.29, 1.82) is 0 Å². The van der Waals surface area contributed by atoms with Crippen LogP contribution in [0.25, 0.3) is 0 Å². The highest BCUT2D eigenvalue weighted by Gasteiger charge is 2.10. The van der Waals surface area contributed by atoms with E-state index in [-0.39, 0.29) is 11.5 Å². The van der Waals surface area contributed by atoms with Gasteiger partial charge < -0.3 is 10.3 Å². The summed E-state index contributed by atoms with van der Waals surface area (Å²) in [5, 5.41) is 2.84. The maximum atomic E-state index is 12.1. The first-order valence-corrected chi connectivity index (χ1v) is 6.17. The Labute approximate surface area is 111 Å². The Kier molecular flexibility index (Phi) is 3.80. The quantitative estimate of drug-likeness (QED) is 0.887. The van der Waals surface area contributed by atoms with Crippen molar-refractivity contribution in [2.45, 2.75) is 19.8 Å². The van der Waals surface area contributed by atoms with Gasteiger partial charge in [0.25, 0.3) is 5.91 Å². The first-order valence-electron chi connectivity index (χ1n) is 6.17. The van der Waals surface area contributed by atoms with Crippen LogP contribution in [-0.4, -0.2) is 10.9 Å². The van der Waals surface area contributed by atoms with Crippen molar-refractivity contribution in [3.05, 3.63) is 64.1 Å². The molecular formula is C15H16N2O2. The molecule has 0 unspecified atom stereocenters. The van der Waals surface area contributed by atoms with E-state index in [0.29, 0.717) is 11.5 Å². The fourth-order valence-corrected chi connectivity index (χ4v) is 1.89. The van der Waals surface area contributed by atoms with Gasteiger partial charge in [-0.2, -0.15) is 0 Å². The molecule has 0 bridgehead atoms. The van der Waals surface area contributed by atoms with Crippen LogP contribution in [0.5, 0.6) is 0 Å². The van der Waals surface area contributed by atoms with Gasteiger partial charge in [-0.3, -0.25) is 9.59 Å². The molecule has 0 radical (unpaired) electrons. The molecule has 0 atom stereocenters. The topological polar surface area (TPSA) is 62.0 Å². The summed E-state index contributed by atoms with van der Waals surface area (Å²) >= 11 is 0. The molecule has 1 amide bonds. The predicted molar refractivity (Wildman–Crippen MR) is 75.5 cm³/mol. The van der Waals surface area contributed by atoms with Gasteiger partial charge in [-0.1, -0.05) is 32.0 Å². The summed E-state index contributed by atoms with van der Waals surface area (Å²) in [7, 11) is 0. The fraction of sp³-hybridized carbons (Fsp3) is 0.200. The number of aromatic nitrogens is 1. The molecule has 2 aromatic rings. The Morgan fingerprint density at radius 2 is 1.95 bits per heavy atom. The van der Waals surface area contributed by atoms with Gasteiger partial charge in [-0.25, -0.2) is 0 Å². The zero-order valence-electron chi connectivity index (χ0n) is 10.9. The van der Waals surface area contributed by atoms with Gasteiger partial charge in [0.15, 0.2) is 0 Å². The number of hydrogen-bond donors (Lipinski definition) is 2. The van der Waals surface area contributed by atoms with Crippen molar-refractivity contribution >= 4 is 11.6 Å². The minimum atomic E-state index is -0.287. The minimum Gasteiger partial charge on any atom is -0.329 e. The Hall–Kier alpha value is -2.36. The second-order valence-electron chi connectivity index (χ2n) is 4.64. The Morgan fingerprint density at radius 1 is 1.21 bits per heavy atom. The maximum Gasteiger partial charge on any atom is 0.255 e. The maximum absolute atomic E-state index is 12.1. The number of pyridine rings is 1. The summed E-state index contributed by atoms with van der Waals surface area (Å²) in [6, 6.07) is 10.5. The van der Waals surface area contributed by atoms with Crippen molar-refractivity contribution in [2.24, 2.45) is 0 Å². The lowest BCUT2D eigenvalue weighted by molar-refractivity contribution is 0.102. The number of carbonyl (C=O) groups is 1. The fourth-order valence-electron chi connectivity index (χ4n) is 1.89. The third-order valence-electron chi connectivity index (χ3n) is 2.87. The van der Waals surface area contributed by atoms with E-state index in [1.54, 1.807) is 6.07 Å². The molecule has 1 aromatic heterocycles. The summed E-state index contributed by atoms with van der Waals surface area (Å²) < 4.78 is 0. The number of anilines is 1. The van der Waals surface area contributed by atoms with E-state index < -0.39 is 0 Å². The molecule has 0 spiro atoms. The van der Waals surface area contributed by atoms with E-state index >= 15 is 0 Å². The molecule has 0 aliphatic heterocycles. The Balaban J connectivity index is 2.27. The van der Waals surface area contributed by atoms with Crippen molar-refractivity contribution in [1.82, 2.24) is 4.98 Å². The van der Waals surface area contributed by atoms with Crippen LogP contribution in [0.2, 0.25) is 0 Å². The van der Waals surface area contributed by atoms with Crippen molar-refractivity contribution in [3.8, 4) is 0 Å². The number of amides is 1. The van der Waals surface area contributed by atoms with Crippen LogP contribution in [0.1, 0.15) is 35.7 Å². The molecule has 0 aliphatic carbocycles. The third-order valence-corrected chi connectivity index (χ3v) is 2.87. The number of H-pyrrole nitrogens is 1. The average molecular weight is 256 g/mol. The SMILES string of the molecule is CC(C)c1ccccc1NC(=O)c1cc[nH]c(=O)c1. The van der Waals surface area contributed by atoms with Gasteiger partial charge in [0.05, 0.1) is 0 Å². The van der Waals surface area contributed by atoms with E-state index in [9.17, 15) is 9.59 Å². The summed E-state index contributed by atoms with van der Waals surface area (Å²) in [6.45, 7) is 4.14. The van der Waals surface area contributed by atoms with Crippen LogP contribution in [0.3, 0.4) is 0 Å². The summed E-state index contributed by atoms with van der Waals surface area (Å²) in [6.07, 6.45) is 1.46. The molecular weight excluding hydrogens is 240 g/mol. The van der Waals surface area contributed by atoms with Crippen LogP contribution in [0.15, 0.2) is 47.4 Å². The van der Waals surface area contributed by atoms with Crippen LogP contribution in [0, 0.1) is 0 Å². The lowest BCUT2D eigenvalue weighted by Gasteiger charge is -2.13. The third kappa shape index (κ3) is 3.10.